The van der Waals surface area contributed by atoms with Gasteiger partial charge in [-0.1, -0.05) is 78.1 Å². The Morgan fingerprint density at radius 2 is 1.39 bits per heavy atom. The number of ether oxygens (including phenoxy) is 2. The third kappa shape index (κ3) is 11.7. The van der Waals surface area contributed by atoms with Gasteiger partial charge in [0, 0.05) is 25.7 Å². The molecule has 318 valence electrons. The summed E-state index contributed by atoms with van der Waals surface area (Å²) >= 11 is 0. The van der Waals surface area contributed by atoms with Crippen LogP contribution < -0.4 is 32.7 Å². The standard InChI is InChI=1S/C42H73N7O7/c1-5-13-34-39(52)48-36(29-16-11-6-7-12-17-29)40(53)46-32(23-43)37(50)47-33(25-55-31-21-42(22-31)19-30(44)20-42)38(51)45-26(2)24-56-35(27(3)41(54)49(34)4)18-28-14-9-8-10-15-28/h26-36H,5-25,43-44H2,1-4H3,(H,45,51)(H,46,53)(H,47,50)(H,48,52)/t26-,27-,30?,31?,32+,33+,34+,35-,36+,42?/m1/s1. The second kappa shape index (κ2) is 20.7. The predicted octanol–water partition coefficient (Wildman–Crippen LogP) is 2.79. The van der Waals surface area contributed by atoms with Gasteiger partial charge < -0.3 is 47.1 Å². The van der Waals surface area contributed by atoms with Crippen LogP contribution in [0.25, 0.3) is 0 Å². The van der Waals surface area contributed by atoms with Crippen LogP contribution in [0.2, 0.25) is 0 Å². The van der Waals surface area contributed by atoms with Crippen LogP contribution in [0.5, 0.6) is 0 Å². The Bertz CT molecular complexity index is 1320. The van der Waals surface area contributed by atoms with E-state index in [1.165, 1.54) is 11.3 Å². The molecule has 5 fully saturated rings. The Labute approximate surface area is 334 Å². The van der Waals surface area contributed by atoms with E-state index in [0.717, 1.165) is 89.9 Å². The number of nitrogens with two attached hydrogens (primary N) is 2. The molecule has 1 heterocycles. The van der Waals surface area contributed by atoms with E-state index in [4.69, 9.17) is 20.9 Å². The van der Waals surface area contributed by atoms with Crippen LogP contribution >= 0.6 is 0 Å². The fourth-order valence-corrected chi connectivity index (χ4v) is 10.1. The minimum atomic E-state index is -1.16. The predicted molar refractivity (Wildman–Crippen MR) is 214 cm³/mol. The largest absolute Gasteiger partial charge is 0.375 e. The van der Waals surface area contributed by atoms with E-state index in [2.05, 4.69) is 21.3 Å². The van der Waals surface area contributed by atoms with Crippen LogP contribution in [-0.2, 0) is 33.4 Å². The van der Waals surface area contributed by atoms with Crippen molar-refractivity contribution in [3.63, 3.8) is 0 Å². The molecule has 4 saturated carbocycles. The summed E-state index contributed by atoms with van der Waals surface area (Å²) < 4.78 is 12.8. The summed E-state index contributed by atoms with van der Waals surface area (Å²) in [4.78, 5) is 72.1. The van der Waals surface area contributed by atoms with Gasteiger partial charge in [0.15, 0.2) is 0 Å². The van der Waals surface area contributed by atoms with E-state index >= 15 is 0 Å². The molecule has 0 unspecified atom stereocenters. The molecule has 4 aliphatic carbocycles. The third-order valence-electron chi connectivity index (χ3n) is 13.5. The molecule has 0 radical (unpaired) electrons. The Kier molecular flexibility index (Phi) is 16.4. The highest BCUT2D eigenvalue weighted by atomic mass is 16.5. The molecule has 5 aliphatic rings. The van der Waals surface area contributed by atoms with E-state index in [-0.39, 0.29) is 49.1 Å². The lowest BCUT2D eigenvalue weighted by atomic mass is 9.53. The van der Waals surface area contributed by atoms with Gasteiger partial charge in [0.25, 0.3) is 0 Å². The van der Waals surface area contributed by atoms with Crippen LogP contribution in [0.1, 0.15) is 136 Å². The van der Waals surface area contributed by atoms with E-state index in [9.17, 15) is 24.0 Å². The Hall–Kier alpha value is -2.81. The number of carbonyl (C=O) groups is 5. The number of rotatable bonds is 9. The summed E-state index contributed by atoms with van der Waals surface area (Å²) in [5.41, 5.74) is 12.4. The van der Waals surface area contributed by atoms with Crippen molar-refractivity contribution in [3.05, 3.63) is 0 Å². The first-order chi connectivity index (χ1) is 26.8. The Morgan fingerprint density at radius 3 is 2.02 bits per heavy atom. The highest BCUT2D eigenvalue weighted by Gasteiger charge is 2.52. The summed E-state index contributed by atoms with van der Waals surface area (Å²) in [5, 5.41) is 11.7. The van der Waals surface area contributed by atoms with Crippen LogP contribution in [0, 0.1) is 23.2 Å². The van der Waals surface area contributed by atoms with Crippen molar-refractivity contribution < 1.29 is 33.4 Å². The van der Waals surface area contributed by atoms with E-state index in [1.54, 1.807) is 7.05 Å². The minimum absolute atomic E-state index is 0.0341. The lowest BCUT2D eigenvalue weighted by Crippen LogP contribution is -2.62. The molecule has 56 heavy (non-hydrogen) atoms. The van der Waals surface area contributed by atoms with Gasteiger partial charge in [-0.3, -0.25) is 24.0 Å². The number of carbonyl (C=O) groups excluding carboxylic acids is 5. The first-order valence-corrected chi connectivity index (χ1v) is 22.0. The van der Waals surface area contributed by atoms with Gasteiger partial charge in [-0.2, -0.15) is 0 Å². The Morgan fingerprint density at radius 1 is 0.786 bits per heavy atom. The molecule has 5 amide bonds. The molecule has 0 aromatic carbocycles. The smallest absolute Gasteiger partial charge is 0.245 e. The monoisotopic (exact) mass is 788 g/mol. The summed E-state index contributed by atoms with van der Waals surface area (Å²) in [7, 11) is 1.67. The number of likely N-dealkylation sites (N-methyl/N-ethyl adjacent to an activating group) is 1. The molecule has 0 aromatic heterocycles. The number of hydrogen-bond donors (Lipinski definition) is 6. The molecule has 0 aromatic rings. The molecular weight excluding hydrogens is 715 g/mol. The molecule has 1 saturated heterocycles. The number of nitrogens with one attached hydrogen (secondary N) is 4. The molecule has 8 N–H and O–H groups in total. The molecule has 7 atom stereocenters. The van der Waals surface area contributed by atoms with Crippen LogP contribution in [0.3, 0.4) is 0 Å². The molecule has 14 heteroatoms. The molecule has 14 nitrogen and oxygen atoms in total. The maximum Gasteiger partial charge on any atom is 0.245 e. The summed E-state index contributed by atoms with van der Waals surface area (Å²) in [5.74, 6) is -2.42. The maximum atomic E-state index is 14.3. The summed E-state index contributed by atoms with van der Waals surface area (Å²) in [6, 6.07) is -4.17. The second-order valence-electron chi connectivity index (χ2n) is 18.2. The van der Waals surface area contributed by atoms with Crippen molar-refractivity contribution in [2.45, 2.75) is 185 Å². The van der Waals surface area contributed by atoms with Gasteiger partial charge in [-0.05, 0) is 75.5 Å². The van der Waals surface area contributed by atoms with Crippen molar-refractivity contribution in [2.75, 3.05) is 26.8 Å². The molecular formula is C42H73N7O7. The maximum absolute atomic E-state index is 14.3. The van der Waals surface area contributed by atoms with E-state index in [1.807, 2.05) is 20.8 Å². The zero-order chi connectivity index (χ0) is 40.4. The van der Waals surface area contributed by atoms with Crippen LogP contribution in [0.4, 0.5) is 0 Å². The van der Waals surface area contributed by atoms with Crippen LogP contribution in [-0.4, -0.2) is 110 Å². The van der Waals surface area contributed by atoms with Gasteiger partial charge in [-0.15, -0.1) is 0 Å². The third-order valence-corrected chi connectivity index (χ3v) is 13.5. The first-order valence-electron chi connectivity index (χ1n) is 22.0. The van der Waals surface area contributed by atoms with E-state index in [0.29, 0.717) is 25.2 Å². The normalized spacial score (nSPS) is 36.8. The van der Waals surface area contributed by atoms with Crippen LogP contribution in [0.15, 0.2) is 0 Å². The minimum Gasteiger partial charge on any atom is -0.375 e. The lowest BCUT2D eigenvalue weighted by molar-refractivity contribution is -0.147. The SMILES string of the molecule is CCC[C@H]1C(=O)N[C@@H](C2CCCCCC2)C(=O)N[C@@H](CN)C(=O)N[C@@H](COC2CC3(CC(N)C3)C2)C(=O)N[C@H](C)CO[C@H](CC2CCCCC2)[C@@H](C)C(=O)N1C. The van der Waals surface area contributed by atoms with Crippen molar-refractivity contribution in [1.82, 2.24) is 26.2 Å². The first kappa shape index (κ1) is 44.3. The van der Waals surface area contributed by atoms with Gasteiger partial charge in [0.1, 0.15) is 24.2 Å². The fourth-order valence-electron chi connectivity index (χ4n) is 10.1. The zero-order valence-electron chi connectivity index (χ0n) is 34.7. The van der Waals surface area contributed by atoms with Gasteiger partial charge in [-0.25, -0.2) is 0 Å². The topological polar surface area (TPSA) is 207 Å². The lowest BCUT2D eigenvalue weighted by Gasteiger charge is -2.56. The second-order valence-corrected chi connectivity index (χ2v) is 18.2. The number of hydrogen-bond acceptors (Lipinski definition) is 9. The average molecular weight is 788 g/mol. The highest BCUT2D eigenvalue weighted by molar-refractivity contribution is 5.96. The number of nitrogens with zero attached hydrogens (tertiary/aromatic N) is 1. The van der Waals surface area contributed by atoms with Crippen molar-refractivity contribution in [1.29, 1.82) is 0 Å². The fraction of sp³-hybridized carbons (Fsp3) is 0.881. The van der Waals surface area contributed by atoms with E-state index < -0.39 is 65.9 Å². The molecule has 0 bridgehead atoms. The average Bonchev–Trinajstić information content (AvgIpc) is 3.44. The summed E-state index contributed by atoms with van der Waals surface area (Å²) in [6.45, 7) is 5.57. The van der Waals surface area contributed by atoms with Crippen molar-refractivity contribution in [3.8, 4) is 0 Å². The quantitative estimate of drug-likeness (QED) is 0.190. The van der Waals surface area contributed by atoms with Gasteiger partial charge >= 0.3 is 0 Å². The summed E-state index contributed by atoms with van der Waals surface area (Å²) in [6.07, 6.45) is 16.1. The number of amides is 5. The van der Waals surface area contributed by atoms with Crippen molar-refractivity contribution in [2.24, 2.45) is 34.6 Å². The van der Waals surface area contributed by atoms with Gasteiger partial charge in [0.2, 0.25) is 29.5 Å². The van der Waals surface area contributed by atoms with Crippen molar-refractivity contribution >= 4 is 29.5 Å². The molecule has 1 spiro atoms. The molecule has 5 rings (SSSR count). The highest BCUT2D eigenvalue weighted by Crippen LogP contribution is 2.56. The van der Waals surface area contributed by atoms with Gasteiger partial charge in [0.05, 0.1) is 31.3 Å². The Balaban J connectivity index is 1.41. The molecule has 1 aliphatic heterocycles. The zero-order valence-corrected chi connectivity index (χ0v) is 34.7.